The monoisotopic (exact) mass is 291 g/mol. The van der Waals surface area contributed by atoms with Crippen molar-refractivity contribution in [2.24, 2.45) is 5.84 Å². The van der Waals surface area contributed by atoms with E-state index in [9.17, 15) is 4.39 Å². The summed E-state index contributed by atoms with van der Waals surface area (Å²) >= 11 is 0. The number of likely N-dealkylation sites (N-methyl/N-ethyl adjacent to an activating group) is 1. The van der Waals surface area contributed by atoms with E-state index in [1.165, 1.54) is 11.1 Å². The van der Waals surface area contributed by atoms with Crippen LogP contribution in [0.15, 0.2) is 54.0 Å². The SMILES string of the molecule is CC\C(COc1cccc(C)n1)=C(/C=C\C=C\F)N(C)N. The molecule has 0 spiro atoms. The fourth-order valence-electron chi connectivity index (χ4n) is 1.79. The molecule has 0 aliphatic rings. The molecule has 0 aliphatic heterocycles. The fraction of sp³-hybridized carbons (Fsp3) is 0.312. The lowest BCUT2D eigenvalue weighted by Crippen LogP contribution is -2.26. The molecule has 0 unspecified atom stereocenters. The van der Waals surface area contributed by atoms with Crippen molar-refractivity contribution < 1.29 is 9.13 Å². The summed E-state index contributed by atoms with van der Waals surface area (Å²) < 4.78 is 17.7. The molecule has 1 heterocycles. The van der Waals surface area contributed by atoms with Gasteiger partial charge < -0.3 is 9.75 Å². The van der Waals surface area contributed by atoms with Crippen LogP contribution in [-0.4, -0.2) is 23.6 Å². The van der Waals surface area contributed by atoms with E-state index in [0.29, 0.717) is 18.8 Å². The maximum atomic E-state index is 12.0. The highest BCUT2D eigenvalue weighted by atomic mass is 19.1. The van der Waals surface area contributed by atoms with Crippen LogP contribution in [0.5, 0.6) is 5.88 Å². The average Bonchev–Trinajstić information content (AvgIpc) is 2.45. The molecule has 0 aromatic carbocycles. The highest BCUT2D eigenvalue weighted by molar-refractivity contribution is 5.27. The molecule has 0 bridgehead atoms. The summed E-state index contributed by atoms with van der Waals surface area (Å²) in [7, 11) is 1.74. The second-order valence-corrected chi connectivity index (χ2v) is 4.54. The predicted octanol–water partition coefficient (Wildman–Crippen LogP) is 3.28. The highest BCUT2D eigenvalue weighted by Gasteiger charge is 2.07. The molecule has 4 nitrogen and oxygen atoms in total. The molecule has 0 radical (unpaired) electrons. The Morgan fingerprint density at radius 3 is 2.76 bits per heavy atom. The van der Waals surface area contributed by atoms with Gasteiger partial charge in [-0.25, -0.2) is 15.2 Å². The highest BCUT2D eigenvalue weighted by Crippen LogP contribution is 2.15. The van der Waals surface area contributed by atoms with Crippen LogP contribution in [0.1, 0.15) is 19.0 Å². The van der Waals surface area contributed by atoms with Crippen LogP contribution in [0.3, 0.4) is 0 Å². The van der Waals surface area contributed by atoms with Crippen LogP contribution in [0.4, 0.5) is 4.39 Å². The normalized spacial score (nSPS) is 12.8. The van der Waals surface area contributed by atoms with E-state index in [1.54, 1.807) is 19.2 Å². The van der Waals surface area contributed by atoms with Crippen LogP contribution >= 0.6 is 0 Å². The minimum atomic E-state index is 0.382. The molecule has 0 saturated heterocycles. The molecule has 0 saturated carbocycles. The van der Waals surface area contributed by atoms with E-state index >= 15 is 0 Å². The number of ether oxygens (including phenoxy) is 1. The molecule has 0 amide bonds. The summed E-state index contributed by atoms with van der Waals surface area (Å²) in [4.78, 5) is 4.29. The van der Waals surface area contributed by atoms with E-state index in [2.05, 4.69) is 4.98 Å². The van der Waals surface area contributed by atoms with E-state index in [1.807, 2.05) is 32.0 Å². The van der Waals surface area contributed by atoms with Gasteiger partial charge in [-0.1, -0.05) is 19.1 Å². The lowest BCUT2D eigenvalue weighted by Gasteiger charge is -2.19. The lowest BCUT2D eigenvalue weighted by molar-refractivity contribution is 0.326. The van der Waals surface area contributed by atoms with E-state index in [-0.39, 0.29) is 0 Å². The zero-order valence-electron chi connectivity index (χ0n) is 12.7. The molecule has 21 heavy (non-hydrogen) atoms. The topological polar surface area (TPSA) is 51.4 Å². The Kier molecular flexibility index (Phi) is 7.18. The van der Waals surface area contributed by atoms with Gasteiger partial charge in [-0.05, 0) is 37.1 Å². The van der Waals surface area contributed by atoms with Crippen molar-refractivity contribution in [3.8, 4) is 5.88 Å². The molecule has 1 aromatic heterocycles. The second-order valence-electron chi connectivity index (χ2n) is 4.54. The first-order valence-corrected chi connectivity index (χ1v) is 6.78. The third kappa shape index (κ3) is 5.79. The molecular formula is C16H22FN3O. The van der Waals surface area contributed by atoms with Crippen LogP contribution in [0.25, 0.3) is 0 Å². The van der Waals surface area contributed by atoms with Gasteiger partial charge in [0.15, 0.2) is 0 Å². The first kappa shape index (κ1) is 16.9. The van der Waals surface area contributed by atoms with Gasteiger partial charge in [0.25, 0.3) is 0 Å². The number of nitrogens with zero attached hydrogens (tertiary/aromatic N) is 2. The number of rotatable bonds is 7. The van der Waals surface area contributed by atoms with Gasteiger partial charge in [0.2, 0.25) is 5.88 Å². The zero-order valence-corrected chi connectivity index (χ0v) is 12.7. The third-order valence-electron chi connectivity index (χ3n) is 2.86. The van der Waals surface area contributed by atoms with E-state index < -0.39 is 0 Å². The minimum Gasteiger partial charge on any atom is -0.473 e. The number of nitrogens with two attached hydrogens (primary N) is 1. The van der Waals surface area contributed by atoms with Crippen LogP contribution < -0.4 is 10.6 Å². The summed E-state index contributed by atoms with van der Waals surface area (Å²) in [6.07, 6.45) is 5.90. The number of halogens is 1. The Labute approximate surface area is 125 Å². The zero-order chi connectivity index (χ0) is 15.7. The van der Waals surface area contributed by atoms with E-state index in [0.717, 1.165) is 23.4 Å². The van der Waals surface area contributed by atoms with Crippen molar-refractivity contribution in [2.75, 3.05) is 13.7 Å². The Hall–Kier alpha value is -2.14. The number of hydrazine groups is 1. The number of hydrogen-bond donors (Lipinski definition) is 1. The van der Waals surface area contributed by atoms with Gasteiger partial charge in [0.1, 0.15) is 6.61 Å². The summed E-state index contributed by atoms with van der Waals surface area (Å²) in [5, 5.41) is 1.49. The Bertz CT molecular complexity index is 536. The van der Waals surface area contributed by atoms with Crippen molar-refractivity contribution >= 4 is 0 Å². The molecular weight excluding hydrogens is 269 g/mol. The van der Waals surface area contributed by atoms with Crippen LogP contribution in [0, 0.1) is 6.92 Å². The van der Waals surface area contributed by atoms with Gasteiger partial charge in [-0.2, -0.15) is 0 Å². The largest absolute Gasteiger partial charge is 0.473 e. The quantitative estimate of drug-likeness (QED) is 0.476. The number of aromatic nitrogens is 1. The molecule has 0 fully saturated rings. The number of allylic oxidation sites excluding steroid dienone is 3. The standard InChI is InChI=1S/C16H22FN3O/c1-4-14(15(20(3)18)9-5-6-11-17)12-21-16-10-7-8-13(2)19-16/h5-11H,4,12,18H2,1-3H3/b9-5-,11-6+,15-14-. The first-order chi connectivity index (χ1) is 10.1. The maximum Gasteiger partial charge on any atom is 0.213 e. The van der Waals surface area contributed by atoms with Crippen molar-refractivity contribution in [2.45, 2.75) is 20.3 Å². The molecule has 1 aromatic rings. The number of aryl methyl sites for hydroxylation is 1. The molecule has 2 N–H and O–H groups in total. The fourth-order valence-corrected chi connectivity index (χ4v) is 1.79. The average molecular weight is 291 g/mol. The van der Waals surface area contributed by atoms with Gasteiger partial charge in [0.05, 0.1) is 12.0 Å². The van der Waals surface area contributed by atoms with Gasteiger partial charge in [0, 0.05) is 18.8 Å². The summed E-state index contributed by atoms with van der Waals surface area (Å²) in [5.74, 6) is 6.40. The number of pyridine rings is 1. The Balaban J connectivity index is 2.88. The molecule has 1 rings (SSSR count). The van der Waals surface area contributed by atoms with Crippen molar-refractivity contribution in [1.82, 2.24) is 9.99 Å². The molecule has 0 atom stereocenters. The summed E-state index contributed by atoms with van der Waals surface area (Å²) in [6, 6.07) is 5.62. The predicted molar refractivity (Wildman–Crippen MR) is 83.1 cm³/mol. The van der Waals surface area contributed by atoms with Crippen LogP contribution in [0.2, 0.25) is 0 Å². The van der Waals surface area contributed by atoms with Crippen molar-refractivity contribution in [1.29, 1.82) is 0 Å². The van der Waals surface area contributed by atoms with Gasteiger partial charge in [-0.3, -0.25) is 0 Å². The molecule has 114 valence electrons. The van der Waals surface area contributed by atoms with Crippen molar-refractivity contribution in [3.63, 3.8) is 0 Å². The minimum absolute atomic E-state index is 0.382. The lowest BCUT2D eigenvalue weighted by atomic mass is 10.1. The molecule has 5 heteroatoms. The smallest absolute Gasteiger partial charge is 0.213 e. The Morgan fingerprint density at radius 2 is 2.19 bits per heavy atom. The second kappa shape index (κ2) is 8.92. The maximum absolute atomic E-state index is 12.0. The summed E-state index contributed by atoms with van der Waals surface area (Å²) in [5.41, 5.74) is 2.70. The third-order valence-corrected chi connectivity index (χ3v) is 2.86. The van der Waals surface area contributed by atoms with Crippen LogP contribution in [-0.2, 0) is 0 Å². The Morgan fingerprint density at radius 1 is 1.43 bits per heavy atom. The summed E-state index contributed by atoms with van der Waals surface area (Å²) in [6.45, 7) is 4.31. The van der Waals surface area contributed by atoms with E-state index in [4.69, 9.17) is 10.6 Å². The van der Waals surface area contributed by atoms with Gasteiger partial charge >= 0.3 is 0 Å². The molecule has 0 aliphatic carbocycles. The number of hydrogen-bond acceptors (Lipinski definition) is 4. The first-order valence-electron chi connectivity index (χ1n) is 6.78. The van der Waals surface area contributed by atoms with Gasteiger partial charge in [-0.15, -0.1) is 0 Å². The van der Waals surface area contributed by atoms with Crippen molar-refractivity contribution in [3.05, 3.63) is 59.7 Å².